The number of hydrogen-bond acceptors (Lipinski definition) is 3. The summed E-state index contributed by atoms with van der Waals surface area (Å²) in [4.78, 5) is 3.90. The molecule has 0 aliphatic rings. The van der Waals surface area contributed by atoms with Gasteiger partial charge in [-0.25, -0.2) is 4.39 Å². The summed E-state index contributed by atoms with van der Waals surface area (Å²) in [6.45, 7) is 0. The molecule has 0 fully saturated rings. The van der Waals surface area contributed by atoms with Gasteiger partial charge in [-0.05, 0) is 24.3 Å². The monoisotopic (exact) mass is 205 g/mol. The van der Waals surface area contributed by atoms with Crippen molar-refractivity contribution in [3.8, 4) is 22.8 Å². The number of aromatic hydroxyl groups is 2. The van der Waals surface area contributed by atoms with E-state index in [0.29, 0.717) is 11.3 Å². The lowest BCUT2D eigenvalue weighted by atomic mass is 10.1. The molecule has 2 rings (SSSR count). The van der Waals surface area contributed by atoms with Crippen LogP contribution in [0.4, 0.5) is 4.39 Å². The second-order valence-electron chi connectivity index (χ2n) is 3.10. The minimum Gasteiger partial charge on any atom is -0.508 e. The summed E-state index contributed by atoms with van der Waals surface area (Å²) >= 11 is 0. The fourth-order valence-electron chi connectivity index (χ4n) is 1.28. The molecule has 0 bridgehead atoms. The molecule has 0 unspecified atom stereocenters. The van der Waals surface area contributed by atoms with Crippen LogP contribution in [0.15, 0.2) is 36.5 Å². The molecule has 2 aromatic rings. The Balaban J connectivity index is 2.49. The normalized spacial score (nSPS) is 10.2. The molecule has 0 aliphatic heterocycles. The lowest BCUT2D eigenvalue weighted by Gasteiger charge is -2.02. The third kappa shape index (κ3) is 2.04. The van der Waals surface area contributed by atoms with E-state index in [9.17, 15) is 9.50 Å². The molecule has 0 aliphatic carbocycles. The van der Waals surface area contributed by atoms with Gasteiger partial charge in [-0.1, -0.05) is 0 Å². The quantitative estimate of drug-likeness (QED) is 0.751. The zero-order valence-corrected chi connectivity index (χ0v) is 7.68. The predicted octanol–water partition coefficient (Wildman–Crippen LogP) is 2.30. The van der Waals surface area contributed by atoms with E-state index < -0.39 is 5.82 Å². The van der Waals surface area contributed by atoms with Crippen molar-refractivity contribution in [1.82, 2.24) is 4.98 Å². The van der Waals surface area contributed by atoms with Crippen LogP contribution in [0.2, 0.25) is 0 Å². The van der Waals surface area contributed by atoms with Crippen molar-refractivity contribution >= 4 is 0 Å². The van der Waals surface area contributed by atoms with Crippen molar-refractivity contribution in [1.29, 1.82) is 0 Å². The number of pyridine rings is 1. The number of phenolic OH excluding ortho intramolecular Hbond substituents is 1. The second-order valence-corrected chi connectivity index (χ2v) is 3.10. The summed E-state index contributed by atoms with van der Waals surface area (Å²) < 4.78 is 13.0. The van der Waals surface area contributed by atoms with Gasteiger partial charge >= 0.3 is 0 Å². The molecule has 0 atom stereocenters. The van der Waals surface area contributed by atoms with Gasteiger partial charge in [0.1, 0.15) is 17.3 Å². The molecule has 0 saturated heterocycles. The van der Waals surface area contributed by atoms with E-state index in [1.807, 2.05) is 0 Å². The van der Waals surface area contributed by atoms with E-state index in [-0.39, 0.29) is 11.5 Å². The number of halogens is 1. The number of nitrogens with zero attached hydrogens (tertiary/aromatic N) is 1. The number of phenols is 1. The first kappa shape index (κ1) is 9.45. The predicted molar refractivity (Wildman–Crippen MR) is 53.0 cm³/mol. The van der Waals surface area contributed by atoms with Gasteiger partial charge in [-0.2, -0.15) is 0 Å². The number of rotatable bonds is 1. The Kier molecular flexibility index (Phi) is 2.25. The van der Waals surface area contributed by atoms with E-state index in [2.05, 4.69) is 4.98 Å². The van der Waals surface area contributed by atoms with E-state index in [0.717, 1.165) is 6.07 Å². The fraction of sp³-hybridized carbons (Fsp3) is 0. The maximum Gasteiger partial charge on any atom is 0.133 e. The maximum atomic E-state index is 13.0. The zero-order valence-electron chi connectivity index (χ0n) is 7.68. The largest absolute Gasteiger partial charge is 0.508 e. The first-order valence-corrected chi connectivity index (χ1v) is 4.30. The van der Waals surface area contributed by atoms with Gasteiger partial charge in [0.05, 0.1) is 11.9 Å². The van der Waals surface area contributed by atoms with Gasteiger partial charge in [-0.15, -0.1) is 0 Å². The molecule has 76 valence electrons. The van der Waals surface area contributed by atoms with Gasteiger partial charge in [0, 0.05) is 11.6 Å². The first-order chi connectivity index (χ1) is 7.15. The molecule has 0 amide bonds. The molecule has 0 spiro atoms. The van der Waals surface area contributed by atoms with E-state index in [4.69, 9.17) is 5.11 Å². The van der Waals surface area contributed by atoms with Crippen molar-refractivity contribution in [2.45, 2.75) is 0 Å². The van der Waals surface area contributed by atoms with E-state index in [1.54, 1.807) is 6.07 Å². The SMILES string of the molecule is Oc1ccc(-c2cc(O)cc(F)c2)nc1. The highest BCUT2D eigenvalue weighted by Gasteiger charge is 2.03. The molecule has 2 N–H and O–H groups in total. The van der Waals surface area contributed by atoms with Gasteiger partial charge in [0.2, 0.25) is 0 Å². The maximum absolute atomic E-state index is 13.0. The summed E-state index contributed by atoms with van der Waals surface area (Å²) in [6, 6.07) is 6.68. The van der Waals surface area contributed by atoms with Crippen LogP contribution in [-0.2, 0) is 0 Å². The number of benzene rings is 1. The van der Waals surface area contributed by atoms with Crippen molar-refractivity contribution in [3.05, 3.63) is 42.3 Å². The molecule has 3 nitrogen and oxygen atoms in total. The first-order valence-electron chi connectivity index (χ1n) is 4.30. The van der Waals surface area contributed by atoms with Crippen LogP contribution in [0, 0.1) is 5.82 Å². The van der Waals surface area contributed by atoms with Gasteiger partial charge in [-0.3, -0.25) is 4.98 Å². The number of aromatic nitrogens is 1. The molecule has 1 heterocycles. The van der Waals surface area contributed by atoms with Crippen LogP contribution in [0.1, 0.15) is 0 Å². The molecule has 15 heavy (non-hydrogen) atoms. The highest BCUT2D eigenvalue weighted by molar-refractivity contribution is 5.61. The van der Waals surface area contributed by atoms with Crippen molar-refractivity contribution in [3.63, 3.8) is 0 Å². The minimum absolute atomic E-state index is 0.0411. The van der Waals surface area contributed by atoms with Crippen molar-refractivity contribution in [2.75, 3.05) is 0 Å². The highest BCUT2D eigenvalue weighted by atomic mass is 19.1. The summed E-state index contributed by atoms with van der Waals surface area (Å²) in [5.41, 5.74) is 0.954. The molecular formula is C11H8FNO2. The molecule has 0 radical (unpaired) electrons. The molecular weight excluding hydrogens is 197 g/mol. The fourth-order valence-corrected chi connectivity index (χ4v) is 1.28. The Morgan fingerprint density at radius 2 is 1.80 bits per heavy atom. The Hall–Kier alpha value is -2.10. The summed E-state index contributed by atoms with van der Waals surface area (Å²) in [5.74, 6) is -0.640. The lowest BCUT2D eigenvalue weighted by molar-refractivity contribution is 0.469. The molecule has 4 heteroatoms. The van der Waals surface area contributed by atoms with Gasteiger partial charge < -0.3 is 10.2 Å². The van der Waals surface area contributed by atoms with Gasteiger partial charge in [0.15, 0.2) is 0 Å². The van der Waals surface area contributed by atoms with E-state index in [1.165, 1.54) is 24.4 Å². The second kappa shape index (κ2) is 3.57. The van der Waals surface area contributed by atoms with Crippen LogP contribution >= 0.6 is 0 Å². The summed E-state index contributed by atoms with van der Waals surface area (Å²) in [6.07, 6.45) is 1.26. The Morgan fingerprint density at radius 3 is 2.40 bits per heavy atom. The van der Waals surface area contributed by atoms with Crippen LogP contribution in [0.5, 0.6) is 11.5 Å². The van der Waals surface area contributed by atoms with E-state index >= 15 is 0 Å². The third-order valence-electron chi connectivity index (χ3n) is 1.93. The summed E-state index contributed by atoms with van der Waals surface area (Å²) in [5, 5.41) is 18.2. The average molecular weight is 205 g/mol. The number of hydrogen-bond donors (Lipinski definition) is 2. The van der Waals surface area contributed by atoms with Crippen LogP contribution in [0.3, 0.4) is 0 Å². The standard InChI is InChI=1S/C11H8FNO2/c12-8-3-7(4-10(15)5-8)11-2-1-9(14)6-13-11/h1-6,14-15H. The van der Waals surface area contributed by atoms with Crippen LogP contribution in [-0.4, -0.2) is 15.2 Å². The molecule has 1 aromatic heterocycles. The highest BCUT2D eigenvalue weighted by Crippen LogP contribution is 2.24. The average Bonchev–Trinajstić information content (AvgIpc) is 2.17. The molecule has 1 aromatic carbocycles. The third-order valence-corrected chi connectivity index (χ3v) is 1.93. The Labute approximate surface area is 85.5 Å². The van der Waals surface area contributed by atoms with Crippen LogP contribution < -0.4 is 0 Å². The smallest absolute Gasteiger partial charge is 0.133 e. The molecule has 0 saturated carbocycles. The Morgan fingerprint density at radius 1 is 1.00 bits per heavy atom. The van der Waals surface area contributed by atoms with Crippen molar-refractivity contribution in [2.24, 2.45) is 0 Å². The van der Waals surface area contributed by atoms with Gasteiger partial charge in [0.25, 0.3) is 0 Å². The minimum atomic E-state index is -0.528. The zero-order chi connectivity index (χ0) is 10.8. The van der Waals surface area contributed by atoms with Crippen molar-refractivity contribution < 1.29 is 14.6 Å². The summed E-state index contributed by atoms with van der Waals surface area (Å²) in [7, 11) is 0. The Bertz CT molecular complexity index is 462. The van der Waals surface area contributed by atoms with Crippen LogP contribution in [0.25, 0.3) is 11.3 Å². The lowest BCUT2D eigenvalue weighted by Crippen LogP contribution is -1.84. The topological polar surface area (TPSA) is 53.4 Å².